The van der Waals surface area contributed by atoms with Gasteiger partial charge >= 0.3 is 0 Å². The summed E-state index contributed by atoms with van der Waals surface area (Å²) < 4.78 is 12.9. The van der Waals surface area contributed by atoms with E-state index in [-0.39, 0.29) is 11.6 Å². The second-order valence-corrected chi connectivity index (χ2v) is 3.01. The van der Waals surface area contributed by atoms with Crippen molar-refractivity contribution in [3.05, 3.63) is 54.3 Å². The van der Waals surface area contributed by atoms with Gasteiger partial charge in [-0.1, -0.05) is 30.3 Å². The molecule has 0 aliphatic heterocycles. The molecule has 0 spiro atoms. The van der Waals surface area contributed by atoms with Crippen LogP contribution in [0.1, 0.15) is 0 Å². The summed E-state index contributed by atoms with van der Waals surface area (Å²) in [6.45, 7) is 0. The van der Waals surface area contributed by atoms with E-state index in [1.165, 1.54) is 18.2 Å². The summed E-state index contributed by atoms with van der Waals surface area (Å²) in [4.78, 5) is 0. The Kier molecular flexibility index (Phi) is 2.19. The van der Waals surface area contributed by atoms with E-state index in [9.17, 15) is 9.50 Å². The Morgan fingerprint density at radius 2 is 1.64 bits per heavy atom. The first-order valence-corrected chi connectivity index (χ1v) is 4.29. The molecular formula is C12H8FO. The van der Waals surface area contributed by atoms with Crippen molar-refractivity contribution in [3.63, 3.8) is 0 Å². The van der Waals surface area contributed by atoms with E-state index in [0.717, 1.165) is 5.56 Å². The normalized spacial score (nSPS) is 10.1. The highest BCUT2D eigenvalue weighted by molar-refractivity contribution is 5.69. The predicted molar refractivity (Wildman–Crippen MR) is 52.0 cm³/mol. The van der Waals surface area contributed by atoms with E-state index in [4.69, 9.17) is 0 Å². The molecule has 1 nitrogen and oxygen atoms in total. The minimum atomic E-state index is -0.386. The van der Waals surface area contributed by atoms with Crippen LogP contribution in [0.3, 0.4) is 0 Å². The molecule has 0 aromatic heterocycles. The van der Waals surface area contributed by atoms with Gasteiger partial charge in [0.25, 0.3) is 0 Å². The van der Waals surface area contributed by atoms with Gasteiger partial charge in [-0.2, -0.15) is 0 Å². The summed E-state index contributed by atoms with van der Waals surface area (Å²) >= 11 is 0. The molecule has 0 saturated heterocycles. The summed E-state index contributed by atoms with van der Waals surface area (Å²) in [6, 6.07) is 12.8. The van der Waals surface area contributed by atoms with Crippen LogP contribution in [0, 0.1) is 5.82 Å². The fourth-order valence-electron chi connectivity index (χ4n) is 1.35. The molecule has 1 radical (unpaired) electrons. The molecule has 0 aliphatic carbocycles. The Morgan fingerprint density at radius 3 is 2.36 bits per heavy atom. The third-order valence-electron chi connectivity index (χ3n) is 2.03. The summed E-state index contributed by atoms with van der Waals surface area (Å²) in [5.74, 6) is -0.541. The van der Waals surface area contributed by atoms with Crippen LogP contribution in [0.15, 0.2) is 48.5 Å². The van der Waals surface area contributed by atoms with Crippen molar-refractivity contribution in [2.24, 2.45) is 0 Å². The van der Waals surface area contributed by atoms with Crippen molar-refractivity contribution in [2.75, 3.05) is 0 Å². The van der Waals surface area contributed by atoms with Gasteiger partial charge in [0.1, 0.15) is 5.82 Å². The number of benzene rings is 2. The summed E-state index contributed by atoms with van der Waals surface area (Å²) in [5, 5.41) is 11.4. The fourth-order valence-corrected chi connectivity index (χ4v) is 1.35. The number of halogens is 1. The van der Waals surface area contributed by atoms with E-state index in [1.54, 1.807) is 12.1 Å². The lowest BCUT2D eigenvalue weighted by Crippen LogP contribution is -1.80. The minimum Gasteiger partial charge on any atom is -0.289 e. The molecule has 0 bridgehead atoms. The molecule has 0 N–H and O–H groups in total. The minimum absolute atomic E-state index is 0.155. The molecule has 0 fully saturated rings. The van der Waals surface area contributed by atoms with E-state index in [0.29, 0.717) is 5.56 Å². The van der Waals surface area contributed by atoms with Crippen LogP contribution >= 0.6 is 0 Å². The van der Waals surface area contributed by atoms with Gasteiger partial charge in [-0.05, 0) is 23.8 Å². The van der Waals surface area contributed by atoms with Crippen LogP contribution in [0.5, 0.6) is 5.75 Å². The molecule has 0 amide bonds. The quantitative estimate of drug-likeness (QED) is 0.649. The third-order valence-corrected chi connectivity index (χ3v) is 2.03. The highest BCUT2D eigenvalue weighted by atomic mass is 19.1. The van der Waals surface area contributed by atoms with Gasteiger partial charge in [0.15, 0.2) is 5.75 Å². The Balaban J connectivity index is 2.57. The molecule has 2 rings (SSSR count). The van der Waals surface area contributed by atoms with Crippen molar-refractivity contribution in [2.45, 2.75) is 0 Å². The molecule has 69 valence electrons. The molecule has 0 unspecified atom stereocenters. The first-order chi connectivity index (χ1) is 6.77. The van der Waals surface area contributed by atoms with Gasteiger partial charge in [0.2, 0.25) is 0 Å². The summed E-state index contributed by atoms with van der Waals surface area (Å²) in [6.07, 6.45) is 0. The van der Waals surface area contributed by atoms with Crippen LogP contribution in [-0.4, -0.2) is 0 Å². The predicted octanol–water partition coefficient (Wildman–Crippen LogP) is 3.64. The van der Waals surface area contributed by atoms with Crippen LogP contribution in [0.4, 0.5) is 4.39 Å². The number of hydrogen-bond acceptors (Lipinski definition) is 0. The second-order valence-electron chi connectivity index (χ2n) is 3.01. The molecular weight excluding hydrogens is 179 g/mol. The van der Waals surface area contributed by atoms with Crippen molar-refractivity contribution >= 4 is 0 Å². The maximum atomic E-state index is 12.9. The third kappa shape index (κ3) is 1.59. The highest BCUT2D eigenvalue weighted by Gasteiger charge is 2.06. The molecule has 2 heteroatoms. The Labute approximate surface area is 81.4 Å². The lowest BCUT2D eigenvalue weighted by Gasteiger charge is -2.01. The molecule has 2 aromatic rings. The lowest BCUT2D eigenvalue weighted by molar-refractivity contribution is 0.356. The molecule has 0 atom stereocenters. The monoisotopic (exact) mass is 187 g/mol. The summed E-state index contributed by atoms with van der Waals surface area (Å²) in [7, 11) is 0. The first-order valence-electron chi connectivity index (χ1n) is 4.29. The molecule has 2 aromatic carbocycles. The lowest BCUT2D eigenvalue weighted by atomic mass is 10.0. The highest BCUT2D eigenvalue weighted by Crippen LogP contribution is 2.29. The molecule has 0 aliphatic rings. The van der Waals surface area contributed by atoms with Crippen LogP contribution in [0.2, 0.25) is 0 Å². The van der Waals surface area contributed by atoms with Gasteiger partial charge in [0.05, 0.1) is 0 Å². The maximum Gasteiger partial charge on any atom is 0.186 e. The van der Waals surface area contributed by atoms with Gasteiger partial charge in [0, 0.05) is 5.56 Å². The SMILES string of the molecule is [O]c1ccc(F)cc1-c1ccccc1. The van der Waals surface area contributed by atoms with Crippen LogP contribution in [-0.2, 0) is 5.11 Å². The van der Waals surface area contributed by atoms with E-state index < -0.39 is 0 Å². The van der Waals surface area contributed by atoms with Gasteiger partial charge in [-0.15, -0.1) is 0 Å². The smallest absolute Gasteiger partial charge is 0.186 e. The van der Waals surface area contributed by atoms with Crippen molar-refractivity contribution in [1.82, 2.24) is 0 Å². The van der Waals surface area contributed by atoms with Crippen LogP contribution < -0.4 is 0 Å². The average Bonchev–Trinajstić information content (AvgIpc) is 2.23. The van der Waals surface area contributed by atoms with Crippen molar-refractivity contribution < 1.29 is 9.50 Å². The van der Waals surface area contributed by atoms with E-state index in [2.05, 4.69) is 0 Å². The van der Waals surface area contributed by atoms with E-state index >= 15 is 0 Å². The van der Waals surface area contributed by atoms with Crippen molar-refractivity contribution in [3.8, 4) is 16.9 Å². The number of rotatable bonds is 1. The zero-order valence-corrected chi connectivity index (χ0v) is 7.41. The molecule has 14 heavy (non-hydrogen) atoms. The first kappa shape index (κ1) is 8.75. The molecule has 0 saturated carbocycles. The Bertz CT molecular complexity index is 437. The summed E-state index contributed by atoms with van der Waals surface area (Å²) in [5.41, 5.74) is 1.16. The van der Waals surface area contributed by atoms with Gasteiger partial charge in [-0.25, -0.2) is 4.39 Å². The van der Waals surface area contributed by atoms with Crippen molar-refractivity contribution in [1.29, 1.82) is 0 Å². The topological polar surface area (TPSA) is 19.9 Å². The van der Waals surface area contributed by atoms with Gasteiger partial charge < -0.3 is 0 Å². The average molecular weight is 187 g/mol. The maximum absolute atomic E-state index is 12.9. The van der Waals surface area contributed by atoms with Crippen LogP contribution in [0.25, 0.3) is 11.1 Å². The zero-order chi connectivity index (χ0) is 9.97. The Morgan fingerprint density at radius 1 is 0.929 bits per heavy atom. The number of hydrogen-bond donors (Lipinski definition) is 0. The fraction of sp³-hybridized carbons (Fsp3) is 0. The van der Waals surface area contributed by atoms with Gasteiger partial charge in [-0.3, -0.25) is 5.11 Å². The molecule has 0 heterocycles. The standard InChI is InChI=1S/C12H8FO/c13-10-6-7-12(14)11(8-10)9-4-2-1-3-5-9/h1-8H. The zero-order valence-electron chi connectivity index (χ0n) is 7.41. The Hall–Kier alpha value is -1.83. The second kappa shape index (κ2) is 3.50. The largest absolute Gasteiger partial charge is 0.289 e. The van der Waals surface area contributed by atoms with E-state index in [1.807, 2.05) is 18.2 Å².